The lowest BCUT2D eigenvalue weighted by Crippen LogP contribution is -2.43. The Morgan fingerprint density at radius 2 is 2.30 bits per heavy atom. The van der Waals surface area contributed by atoms with E-state index in [0.29, 0.717) is 31.0 Å². The summed E-state index contributed by atoms with van der Waals surface area (Å²) in [6.45, 7) is 0.932. The van der Waals surface area contributed by atoms with E-state index in [1.165, 1.54) is 6.07 Å². The number of hydrogen-bond acceptors (Lipinski definition) is 4. The second-order valence-corrected chi connectivity index (χ2v) is 5.39. The van der Waals surface area contributed by atoms with Crippen molar-refractivity contribution in [1.82, 2.24) is 5.32 Å². The van der Waals surface area contributed by atoms with Gasteiger partial charge in [0.05, 0.1) is 18.5 Å². The summed E-state index contributed by atoms with van der Waals surface area (Å²) in [7, 11) is 0. The van der Waals surface area contributed by atoms with Crippen molar-refractivity contribution in [2.45, 2.75) is 25.4 Å². The summed E-state index contributed by atoms with van der Waals surface area (Å²) in [5.41, 5.74) is 0.460. The lowest BCUT2D eigenvalue weighted by Gasteiger charge is -2.26. The highest BCUT2D eigenvalue weighted by molar-refractivity contribution is 5.86. The molecule has 0 spiro atoms. The van der Waals surface area contributed by atoms with Crippen molar-refractivity contribution in [2.75, 3.05) is 11.4 Å². The zero-order chi connectivity index (χ0) is 16.2. The molecule has 3 rings (SSSR count). The Kier molecular flexibility index (Phi) is 4.29. The van der Waals surface area contributed by atoms with Crippen LogP contribution >= 0.6 is 0 Å². The first-order chi connectivity index (χ1) is 11.2. The highest BCUT2D eigenvalue weighted by Crippen LogP contribution is 2.29. The van der Waals surface area contributed by atoms with Crippen LogP contribution in [0.4, 0.5) is 10.1 Å². The van der Waals surface area contributed by atoms with Crippen molar-refractivity contribution in [3.05, 3.63) is 53.7 Å². The number of halogens is 1. The minimum Gasteiger partial charge on any atom is -0.467 e. The van der Waals surface area contributed by atoms with Crippen LogP contribution in [0.1, 0.15) is 24.2 Å². The van der Waals surface area contributed by atoms with E-state index in [1.54, 1.807) is 35.4 Å². The van der Waals surface area contributed by atoms with Crippen LogP contribution in [0, 0.1) is 17.1 Å². The van der Waals surface area contributed by atoms with Gasteiger partial charge in [0.1, 0.15) is 29.3 Å². The molecule has 118 valence electrons. The first kappa shape index (κ1) is 15.1. The Hall–Kier alpha value is -2.81. The maximum Gasteiger partial charge on any atom is 0.243 e. The van der Waals surface area contributed by atoms with Crippen molar-refractivity contribution in [1.29, 1.82) is 5.26 Å². The average Bonchev–Trinajstić information content (AvgIpc) is 3.23. The van der Waals surface area contributed by atoms with Crippen LogP contribution in [0.25, 0.3) is 0 Å². The summed E-state index contributed by atoms with van der Waals surface area (Å²) in [5.74, 6) is -0.0370. The van der Waals surface area contributed by atoms with Crippen LogP contribution in [0.3, 0.4) is 0 Å². The van der Waals surface area contributed by atoms with E-state index in [0.717, 1.165) is 6.42 Å². The second-order valence-electron chi connectivity index (χ2n) is 5.39. The highest BCUT2D eigenvalue weighted by atomic mass is 19.1. The number of rotatable bonds is 4. The minimum absolute atomic E-state index is 0.0155. The number of nitrogens with zero attached hydrogens (tertiary/aromatic N) is 2. The van der Waals surface area contributed by atoms with Crippen molar-refractivity contribution in [3.63, 3.8) is 0 Å². The summed E-state index contributed by atoms with van der Waals surface area (Å²) in [6.07, 6.45) is 3.04. The molecule has 1 aliphatic heterocycles. The number of nitriles is 1. The number of benzene rings is 1. The number of furan rings is 1. The lowest BCUT2D eigenvalue weighted by molar-refractivity contribution is -0.122. The van der Waals surface area contributed by atoms with Crippen LogP contribution in [0.5, 0.6) is 0 Å². The third-order valence-corrected chi connectivity index (χ3v) is 3.99. The molecular weight excluding hydrogens is 297 g/mol. The third kappa shape index (κ3) is 3.04. The molecule has 0 radical (unpaired) electrons. The number of carbonyl (C=O) groups excluding carboxylic acids is 1. The number of carbonyl (C=O) groups is 1. The van der Waals surface area contributed by atoms with E-state index in [4.69, 9.17) is 4.42 Å². The number of nitrogens with one attached hydrogen (secondary N) is 1. The maximum atomic E-state index is 13.8. The molecule has 2 heterocycles. The molecule has 1 N–H and O–H groups in total. The van der Waals surface area contributed by atoms with Crippen molar-refractivity contribution >= 4 is 11.6 Å². The van der Waals surface area contributed by atoms with Crippen LogP contribution < -0.4 is 10.2 Å². The molecule has 1 aliphatic rings. The monoisotopic (exact) mass is 313 g/mol. The number of hydrogen-bond donors (Lipinski definition) is 1. The molecule has 1 aromatic heterocycles. The Morgan fingerprint density at radius 3 is 3.04 bits per heavy atom. The molecule has 1 amide bonds. The Balaban J connectivity index is 1.76. The van der Waals surface area contributed by atoms with Gasteiger partial charge in [0.25, 0.3) is 0 Å². The molecule has 2 aromatic rings. The fourth-order valence-corrected chi connectivity index (χ4v) is 2.90. The van der Waals surface area contributed by atoms with Crippen LogP contribution in [-0.4, -0.2) is 18.5 Å². The molecule has 0 bridgehead atoms. The van der Waals surface area contributed by atoms with Gasteiger partial charge in [0.15, 0.2) is 0 Å². The van der Waals surface area contributed by atoms with E-state index in [2.05, 4.69) is 5.32 Å². The van der Waals surface area contributed by atoms with E-state index in [-0.39, 0.29) is 11.5 Å². The van der Waals surface area contributed by atoms with E-state index in [9.17, 15) is 14.4 Å². The largest absolute Gasteiger partial charge is 0.467 e. The van der Waals surface area contributed by atoms with Gasteiger partial charge in [-0.05, 0) is 37.1 Å². The summed E-state index contributed by atoms with van der Waals surface area (Å²) < 4.78 is 19.0. The van der Waals surface area contributed by atoms with Gasteiger partial charge in [0, 0.05) is 6.54 Å². The van der Waals surface area contributed by atoms with Gasteiger partial charge >= 0.3 is 0 Å². The Morgan fingerprint density at radius 1 is 1.43 bits per heavy atom. The van der Waals surface area contributed by atoms with Gasteiger partial charge in [-0.15, -0.1) is 0 Å². The molecule has 23 heavy (non-hydrogen) atoms. The van der Waals surface area contributed by atoms with Crippen LogP contribution in [0.15, 0.2) is 41.0 Å². The SMILES string of the molecule is N#Cc1c(F)cccc1N1CCC[C@H]1C(=O)NCc1ccco1. The quantitative estimate of drug-likeness (QED) is 0.942. The molecule has 6 heteroatoms. The van der Waals surface area contributed by atoms with Crippen molar-refractivity contribution in [3.8, 4) is 6.07 Å². The molecule has 1 saturated heterocycles. The molecule has 1 atom stereocenters. The number of amides is 1. The van der Waals surface area contributed by atoms with E-state index < -0.39 is 11.9 Å². The Bertz CT molecular complexity index is 737. The first-order valence-electron chi connectivity index (χ1n) is 7.46. The van der Waals surface area contributed by atoms with Gasteiger partial charge in [-0.2, -0.15) is 5.26 Å². The summed E-state index contributed by atoms with van der Waals surface area (Å²) >= 11 is 0. The van der Waals surface area contributed by atoms with Crippen molar-refractivity contribution < 1.29 is 13.6 Å². The number of anilines is 1. The Labute approximate surface area is 133 Å². The third-order valence-electron chi connectivity index (χ3n) is 3.99. The summed E-state index contributed by atoms with van der Waals surface area (Å²) in [5, 5.41) is 12.0. The fourth-order valence-electron chi connectivity index (χ4n) is 2.90. The van der Waals surface area contributed by atoms with Crippen molar-refractivity contribution in [2.24, 2.45) is 0 Å². The van der Waals surface area contributed by atoms with Gasteiger partial charge in [-0.25, -0.2) is 4.39 Å². The smallest absolute Gasteiger partial charge is 0.243 e. The topological polar surface area (TPSA) is 69.3 Å². The van der Waals surface area contributed by atoms with E-state index in [1.807, 2.05) is 6.07 Å². The zero-order valence-electron chi connectivity index (χ0n) is 12.5. The average molecular weight is 313 g/mol. The maximum absolute atomic E-state index is 13.8. The predicted molar refractivity (Wildman–Crippen MR) is 82.0 cm³/mol. The summed E-state index contributed by atoms with van der Waals surface area (Å²) in [6, 6.07) is 9.52. The zero-order valence-corrected chi connectivity index (χ0v) is 12.5. The molecule has 1 fully saturated rings. The predicted octanol–water partition coefficient (Wildman–Crippen LogP) is 2.58. The standard InChI is InChI=1S/C17H16FN3O2/c18-14-5-1-6-15(13(14)10-19)21-8-2-7-16(21)17(22)20-11-12-4-3-9-23-12/h1,3-6,9,16H,2,7-8,11H2,(H,20,22)/t16-/m0/s1. The molecule has 5 nitrogen and oxygen atoms in total. The molecular formula is C17H16FN3O2. The molecule has 1 aromatic carbocycles. The fraction of sp³-hybridized carbons (Fsp3) is 0.294. The highest BCUT2D eigenvalue weighted by Gasteiger charge is 2.32. The normalized spacial score (nSPS) is 17.0. The van der Waals surface area contributed by atoms with Gasteiger partial charge < -0.3 is 14.6 Å². The molecule has 0 saturated carbocycles. The minimum atomic E-state index is -0.563. The van der Waals surface area contributed by atoms with Gasteiger partial charge in [-0.1, -0.05) is 6.07 Å². The van der Waals surface area contributed by atoms with Gasteiger partial charge in [0.2, 0.25) is 5.91 Å². The molecule has 0 unspecified atom stereocenters. The van der Waals surface area contributed by atoms with E-state index >= 15 is 0 Å². The molecule has 0 aliphatic carbocycles. The van der Waals surface area contributed by atoms with Crippen LogP contribution in [0.2, 0.25) is 0 Å². The second kappa shape index (κ2) is 6.53. The van der Waals surface area contributed by atoms with Gasteiger partial charge in [-0.3, -0.25) is 4.79 Å². The van der Waals surface area contributed by atoms with Crippen LogP contribution in [-0.2, 0) is 11.3 Å². The summed E-state index contributed by atoms with van der Waals surface area (Å²) in [4.78, 5) is 14.2. The first-order valence-corrected chi connectivity index (χ1v) is 7.46. The lowest BCUT2D eigenvalue weighted by atomic mass is 10.1.